The third-order valence-electron chi connectivity index (χ3n) is 4.98. The van der Waals surface area contributed by atoms with Gasteiger partial charge in [0, 0.05) is 19.1 Å². The Morgan fingerprint density at radius 2 is 2.11 bits per heavy atom. The molecule has 1 aliphatic heterocycles. The van der Waals surface area contributed by atoms with Crippen LogP contribution in [0.25, 0.3) is 0 Å². The standard InChI is InChI=1S/C15H30N2O/c1-4-12-7-5-6-8-13(12)15(16-2)14-11-17(3)9-10-18-14/h12-16H,4-11H2,1-3H3. The highest BCUT2D eigenvalue weighted by molar-refractivity contribution is 4.91. The van der Waals surface area contributed by atoms with Gasteiger partial charge in [0.05, 0.1) is 12.7 Å². The topological polar surface area (TPSA) is 24.5 Å². The van der Waals surface area contributed by atoms with E-state index in [0.29, 0.717) is 12.1 Å². The Balaban J connectivity index is 2.01. The monoisotopic (exact) mass is 254 g/mol. The molecule has 1 heterocycles. The van der Waals surface area contributed by atoms with Crippen molar-refractivity contribution in [3.63, 3.8) is 0 Å². The van der Waals surface area contributed by atoms with Crippen LogP contribution < -0.4 is 5.32 Å². The molecule has 2 rings (SSSR count). The van der Waals surface area contributed by atoms with Gasteiger partial charge in [-0.3, -0.25) is 0 Å². The van der Waals surface area contributed by atoms with Crippen molar-refractivity contribution < 1.29 is 4.74 Å². The summed E-state index contributed by atoms with van der Waals surface area (Å²) >= 11 is 0. The van der Waals surface area contributed by atoms with Gasteiger partial charge in [0.25, 0.3) is 0 Å². The smallest absolute Gasteiger partial charge is 0.0857 e. The second-order valence-corrected chi connectivity index (χ2v) is 6.10. The van der Waals surface area contributed by atoms with Gasteiger partial charge in [-0.15, -0.1) is 0 Å². The molecule has 0 bridgehead atoms. The Morgan fingerprint density at radius 3 is 2.78 bits per heavy atom. The maximum Gasteiger partial charge on any atom is 0.0857 e. The van der Waals surface area contributed by atoms with Crippen molar-refractivity contribution in [1.82, 2.24) is 10.2 Å². The van der Waals surface area contributed by atoms with Crippen molar-refractivity contribution in [2.24, 2.45) is 11.8 Å². The van der Waals surface area contributed by atoms with Crippen LogP contribution >= 0.6 is 0 Å². The van der Waals surface area contributed by atoms with E-state index in [1.807, 2.05) is 0 Å². The first-order valence-electron chi connectivity index (χ1n) is 7.73. The summed E-state index contributed by atoms with van der Waals surface area (Å²) in [4.78, 5) is 2.41. The lowest BCUT2D eigenvalue weighted by molar-refractivity contribution is -0.0573. The second-order valence-electron chi connectivity index (χ2n) is 6.10. The summed E-state index contributed by atoms with van der Waals surface area (Å²) in [5.41, 5.74) is 0. The van der Waals surface area contributed by atoms with E-state index in [1.54, 1.807) is 0 Å². The van der Waals surface area contributed by atoms with Crippen LogP contribution in [0.4, 0.5) is 0 Å². The number of likely N-dealkylation sites (N-methyl/N-ethyl adjacent to an activating group) is 2. The molecule has 0 radical (unpaired) electrons. The molecule has 3 heteroatoms. The molecule has 0 aromatic carbocycles. The predicted octanol–water partition coefficient (Wildman–Crippen LogP) is 2.12. The summed E-state index contributed by atoms with van der Waals surface area (Å²) in [6, 6.07) is 0.540. The third kappa shape index (κ3) is 3.25. The second kappa shape index (κ2) is 6.88. The molecule has 1 aliphatic carbocycles. The maximum absolute atomic E-state index is 6.04. The van der Waals surface area contributed by atoms with Crippen molar-refractivity contribution >= 4 is 0 Å². The summed E-state index contributed by atoms with van der Waals surface area (Å²) in [7, 11) is 4.32. The normalized spacial score (nSPS) is 36.5. The summed E-state index contributed by atoms with van der Waals surface area (Å²) in [6.07, 6.45) is 7.34. The lowest BCUT2D eigenvalue weighted by Crippen LogP contribution is -2.55. The van der Waals surface area contributed by atoms with E-state index in [2.05, 4.69) is 31.2 Å². The molecule has 3 nitrogen and oxygen atoms in total. The van der Waals surface area contributed by atoms with Crippen LogP contribution in [0.1, 0.15) is 39.0 Å². The van der Waals surface area contributed by atoms with Crippen molar-refractivity contribution in [1.29, 1.82) is 0 Å². The average Bonchev–Trinajstić information content (AvgIpc) is 2.40. The van der Waals surface area contributed by atoms with E-state index in [9.17, 15) is 0 Å². The predicted molar refractivity (Wildman–Crippen MR) is 75.8 cm³/mol. The van der Waals surface area contributed by atoms with Crippen LogP contribution in [0.5, 0.6) is 0 Å². The summed E-state index contributed by atoms with van der Waals surface area (Å²) < 4.78 is 6.04. The zero-order valence-electron chi connectivity index (χ0n) is 12.3. The zero-order valence-corrected chi connectivity index (χ0v) is 12.3. The fourth-order valence-electron chi connectivity index (χ4n) is 3.92. The lowest BCUT2D eigenvalue weighted by Gasteiger charge is -2.43. The Hall–Kier alpha value is -0.120. The van der Waals surface area contributed by atoms with Gasteiger partial charge in [0.15, 0.2) is 0 Å². The number of hydrogen-bond donors (Lipinski definition) is 1. The molecule has 2 aliphatic rings. The van der Waals surface area contributed by atoms with Crippen LogP contribution in [0.15, 0.2) is 0 Å². The molecule has 1 saturated heterocycles. The summed E-state index contributed by atoms with van der Waals surface area (Å²) in [5, 5.41) is 3.57. The Morgan fingerprint density at radius 1 is 1.33 bits per heavy atom. The minimum Gasteiger partial charge on any atom is -0.374 e. The van der Waals surface area contributed by atoms with Gasteiger partial charge in [-0.1, -0.05) is 32.6 Å². The van der Waals surface area contributed by atoms with E-state index >= 15 is 0 Å². The molecular weight excluding hydrogens is 224 g/mol. The highest BCUT2D eigenvalue weighted by Crippen LogP contribution is 2.36. The van der Waals surface area contributed by atoms with Gasteiger partial charge in [0.1, 0.15) is 0 Å². The van der Waals surface area contributed by atoms with Crippen LogP contribution in [-0.4, -0.2) is 50.8 Å². The number of ether oxygens (including phenoxy) is 1. The zero-order chi connectivity index (χ0) is 13.0. The van der Waals surface area contributed by atoms with Gasteiger partial charge in [-0.05, 0) is 32.4 Å². The molecule has 0 amide bonds. The lowest BCUT2D eigenvalue weighted by atomic mass is 9.72. The Bertz CT molecular complexity index is 247. The maximum atomic E-state index is 6.04. The number of nitrogens with one attached hydrogen (secondary N) is 1. The summed E-state index contributed by atoms with van der Waals surface area (Å²) in [5.74, 6) is 1.71. The minimum atomic E-state index is 0.380. The minimum absolute atomic E-state index is 0.380. The fourth-order valence-corrected chi connectivity index (χ4v) is 3.92. The molecular formula is C15H30N2O. The van der Waals surface area contributed by atoms with Gasteiger partial charge >= 0.3 is 0 Å². The molecule has 106 valence electrons. The van der Waals surface area contributed by atoms with Crippen molar-refractivity contribution in [2.45, 2.75) is 51.2 Å². The molecule has 4 unspecified atom stereocenters. The first kappa shape index (κ1) is 14.3. The van der Waals surface area contributed by atoms with Crippen LogP contribution in [0.2, 0.25) is 0 Å². The molecule has 1 saturated carbocycles. The number of morpholine rings is 1. The van der Waals surface area contributed by atoms with Crippen LogP contribution in [-0.2, 0) is 4.74 Å². The van der Waals surface area contributed by atoms with E-state index in [0.717, 1.165) is 31.5 Å². The van der Waals surface area contributed by atoms with E-state index in [1.165, 1.54) is 32.1 Å². The molecule has 0 aromatic rings. The van der Waals surface area contributed by atoms with Gasteiger partial charge in [0.2, 0.25) is 0 Å². The number of nitrogens with zero attached hydrogens (tertiary/aromatic N) is 1. The first-order chi connectivity index (χ1) is 8.76. The van der Waals surface area contributed by atoms with Gasteiger partial charge in [-0.25, -0.2) is 0 Å². The molecule has 1 N–H and O–H groups in total. The SMILES string of the molecule is CCC1CCCCC1C(NC)C1CN(C)CCO1. The molecule has 18 heavy (non-hydrogen) atoms. The van der Waals surface area contributed by atoms with Crippen LogP contribution in [0.3, 0.4) is 0 Å². The van der Waals surface area contributed by atoms with E-state index in [-0.39, 0.29) is 0 Å². The van der Waals surface area contributed by atoms with E-state index in [4.69, 9.17) is 4.74 Å². The summed E-state index contributed by atoms with van der Waals surface area (Å²) in [6.45, 7) is 5.40. The Labute approximate surface area is 112 Å². The van der Waals surface area contributed by atoms with E-state index < -0.39 is 0 Å². The molecule has 4 atom stereocenters. The Kier molecular flexibility index (Phi) is 5.46. The fraction of sp³-hybridized carbons (Fsp3) is 1.00. The molecule has 2 fully saturated rings. The highest BCUT2D eigenvalue weighted by atomic mass is 16.5. The molecule has 0 spiro atoms. The van der Waals surface area contributed by atoms with Crippen molar-refractivity contribution in [2.75, 3.05) is 33.8 Å². The third-order valence-corrected chi connectivity index (χ3v) is 4.98. The highest BCUT2D eigenvalue weighted by Gasteiger charge is 2.36. The quantitative estimate of drug-likeness (QED) is 0.832. The molecule has 0 aromatic heterocycles. The number of hydrogen-bond acceptors (Lipinski definition) is 3. The number of rotatable bonds is 4. The first-order valence-corrected chi connectivity index (χ1v) is 7.73. The van der Waals surface area contributed by atoms with Crippen molar-refractivity contribution in [3.05, 3.63) is 0 Å². The van der Waals surface area contributed by atoms with Crippen LogP contribution in [0, 0.1) is 11.8 Å². The average molecular weight is 254 g/mol. The van der Waals surface area contributed by atoms with Gasteiger partial charge in [-0.2, -0.15) is 0 Å². The van der Waals surface area contributed by atoms with Crippen molar-refractivity contribution in [3.8, 4) is 0 Å². The van der Waals surface area contributed by atoms with Gasteiger partial charge < -0.3 is 15.0 Å². The largest absolute Gasteiger partial charge is 0.374 e.